The Morgan fingerprint density at radius 3 is 2.68 bits per heavy atom. The van der Waals surface area contributed by atoms with E-state index in [-0.39, 0.29) is 0 Å². The summed E-state index contributed by atoms with van der Waals surface area (Å²) in [6.07, 6.45) is 2.31. The van der Waals surface area contributed by atoms with Crippen LogP contribution in [-0.4, -0.2) is 80.3 Å². The number of guanidine groups is 1. The van der Waals surface area contributed by atoms with Crippen molar-refractivity contribution in [3.8, 4) is 0 Å². The Labute approximate surface area is 170 Å². The summed E-state index contributed by atoms with van der Waals surface area (Å²) in [5, 5.41) is 7.09. The molecule has 2 heterocycles. The van der Waals surface area contributed by atoms with Crippen LogP contribution >= 0.6 is 0 Å². The molecule has 2 saturated heterocycles. The molecule has 156 valence electrons. The first-order valence-corrected chi connectivity index (χ1v) is 10.9. The number of ether oxygens (including phenoxy) is 1. The van der Waals surface area contributed by atoms with E-state index in [2.05, 4.69) is 64.6 Å². The summed E-state index contributed by atoms with van der Waals surface area (Å²) in [5.74, 6) is 0.962. The van der Waals surface area contributed by atoms with Gasteiger partial charge in [-0.2, -0.15) is 0 Å². The number of nitrogens with zero attached hydrogens (tertiary/aromatic N) is 3. The van der Waals surface area contributed by atoms with Crippen molar-refractivity contribution in [1.82, 2.24) is 20.4 Å². The van der Waals surface area contributed by atoms with E-state index in [0.29, 0.717) is 12.1 Å². The maximum atomic E-state index is 5.42. The lowest BCUT2D eigenvalue weighted by molar-refractivity contribution is 0.0394. The molecule has 6 nitrogen and oxygen atoms in total. The van der Waals surface area contributed by atoms with Crippen LogP contribution in [0.1, 0.15) is 32.3 Å². The third kappa shape index (κ3) is 6.76. The molecule has 1 aromatic carbocycles. The van der Waals surface area contributed by atoms with E-state index < -0.39 is 0 Å². The van der Waals surface area contributed by atoms with Gasteiger partial charge in [0.05, 0.1) is 19.8 Å². The molecule has 0 radical (unpaired) electrons. The Bertz CT molecular complexity index is 588. The molecule has 2 aliphatic rings. The molecule has 2 N–H and O–H groups in total. The van der Waals surface area contributed by atoms with Crippen molar-refractivity contribution >= 4 is 5.96 Å². The fraction of sp³-hybridized carbons (Fsp3) is 0.682. The van der Waals surface area contributed by atoms with Gasteiger partial charge in [-0.15, -0.1) is 0 Å². The summed E-state index contributed by atoms with van der Waals surface area (Å²) in [6, 6.07) is 11.9. The van der Waals surface area contributed by atoms with Crippen molar-refractivity contribution in [2.24, 2.45) is 4.99 Å². The monoisotopic (exact) mass is 387 g/mol. The lowest BCUT2D eigenvalue weighted by Gasteiger charge is -2.38. The summed E-state index contributed by atoms with van der Waals surface area (Å²) in [5.41, 5.74) is 1.40. The highest BCUT2D eigenvalue weighted by atomic mass is 16.5. The number of piperidine rings is 1. The minimum Gasteiger partial charge on any atom is -0.379 e. The molecular weight excluding hydrogens is 350 g/mol. The Balaban J connectivity index is 1.45. The van der Waals surface area contributed by atoms with Crippen LogP contribution < -0.4 is 10.6 Å². The second-order valence-electron chi connectivity index (χ2n) is 7.89. The molecule has 0 amide bonds. The Hall–Kier alpha value is -1.63. The first-order chi connectivity index (χ1) is 13.7. The maximum absolute atomic E-state index is 5.42. The van der Waals surface area contributed by atoms with Crippen molar-refractivity contribution in [3.05, 3.63) is 35.9 Å². The summed E-state index contributed by atoms with van der Waals surface area (Å²) >= 11 is 0. The Kier molecular flexibility index (Phi) is 8.58. The van der Waals surface area contributed by atoms with E-state index in [1.54, 1.807) is 0 Å². The molecular formula is C22H37N5O. The van der Waals surface area contributed by atoms with Crippen molar-refractivity contribution < 1.29 is 4.74 Å². The van der Waals surface area contributed by atoms with Gasteiger partial charge in [0.15, 0.2) is 5.96 Å². The van der Waals surface area contributed by atoms with Gasteiger partial charge in [-0.3, -0.25) is 14.8 Å². The molecule has 0 spiro atoms. The van der Waals surface area contributed by atoms with Crippen LogP contribution in [0.4, 0.5) is 0 Å². The number of morpholine rings is 1. The standard InChI is InChI=1S/C22H37N5O/c1-3-23-22(24-10-12-26-13-15-28-16-14-26)25-21-9-11-27(19(2)17-21)18-20-7-5-4-6-8-20/h4-8,19,21H,3,9-18H2,1-2H3,(H2,23,24,25). The zero-order valence-corrected chi connectivity index (χ0v) is 17.6. The van der Waals surface area contributed by atoms with Gasteiger partial charge in [0.2, 0.25) is 0 Å². The first-order valence-electron chi connectivity index (χ1n) is 10.9. The third-order valence-electron chi connectivity index (χ3n) is 5.72. The fourth-order valence-electron chi connectivity index (χ4n) is 4.05. The van der Waals surface area contributed by atoms with E-state index in [4.69, 9.17) is 9.73 Å². The molecule has 28 heavy (non-hydrogen) atoms. The van der Waals surface area contributed by atoms with E-state index in [0.717, 1.165) is 77.8 Å². The third-order valence-corrected chi connectivity index (χ3v) is 5.72. The van der Waals surface area contributed by atoms with Gasteiger partial charge in [-0.1, -0.05) is 30.3 Å². The average Bonchev–Trinajstić information content (AvgIpc) is 2.72. The second-order valence-corrected chi connectivity index (χ2v) is 7.89. The van der Waals surface area contributed by atoms with E-state index in [1.807, 2.05) is 0 Å². The SMILES string of the molecule is CCNC(=NCCN1CCOCC1)NC1CCN(Cc2ccccc2)C(C)C1. The van der Waals surface area contributed by atoms with Crippen LogP contribution in [0, 0.1) is 0 Å². The zero-order chi connectivity index (χ0) is 19.6. The fourth-order valence-corrected chi connectivity index (χ4v) is 4.05. The van der Waals surface area contributed by atoms with E-state index >= 15 is 0 Å². The van der Waals surface area contributed by atoms with Crippen LogP contribution in [0.15, 0.2) is 35.3 Å². The van der Waals surface area contributed by atoms with E-state index in [1.165, 1.54) is 5.56 Å². The maximum Gasteiger partial charge on any atom is 0.191 e. The quantitative estimate of drug-likeness (QED) is 0.553. The van der Waals surface area contributed by atoms with Crippen molar-refractivity contribution in [1.29, 1.82) is 0 Å². The number of hydrogen-bond donors (Lipinski definition) is 2. The average molecular weight is 388 g/mol. The minimum absolute atomic E-state index is 0.489. The number of aliphatic imine (C=N–C) groups is 1. The molecule has 0 saturated carbocycles. The van der Waals surface area contributed by atoms with Gasteiger partial charge in [0.25, 0.3) is 0 Å². The van der Waals surface area contributed by atoms with Gasteiger partial charge < -0.3 is 15.4 Å². The predicted molar refractivity (Wildman–Crippen MR) is 116 cm³/mol. The number of rotatable bonds is 7. The van der Waals surface area contributed by atoms with Crippen LogP contribution in [0.3, 0.4) is 0 Å². The smallest absolute Gasteiger partial charge is 0.191 e. The lowest BCUT2D eigenvalue weighted by atomic mass is 9.97. The summed E-state index contributed by atoms with van der Waals surface area (Å²) in [7, 11) is 0. The van der Waals surface area contributed by atoms with Crippen LogP contribution in [0.25, 0.3) is 0 Å². The largest absolute Gasteiger partial charge is 0.379 e. The number of likely N-dealkylation sites (tertiary alicyclic amines) is 1. The number of hydrogen-bond acceptors (Lipinski definition) is 4. The van der Waals surface area contributed by atoms with Gasteiger partial charge in [-0.25, -0.2) is 0 Å². The highest BCUT2D eigenvalue weighted by Gasteiger charge is 2.26. The normalized spacial score (nSPS) is 24.9. The highest BCUT2D eigenvalue weighted by molar-refractivity contribution is 5.80. The molecule has 3 rings (SSSR count). The zero-order valence-electron chi connectivity index (χ0n) is 17.6. The number of nitrogens with one attached hydrogen (secondary N) is 2. The van der Waals surface area contributed by atoms with Gasteiger partial charge >= 0.3 is 0 Å². The molecule has 2 atom stereocenters. The van der Waals surface area contributed by atoms with Gasteiger partial charge in [0.1, 0.15) is 0 Å². The Morgan fingerprint density at radius 1 is 1.18 bits per heavy atom. The molecule has 0 bridgehead atoms. The molecule has 0 aliphatic carbocycles. The molecule has 2 fully saturated rings. The van der Waals surface area contributed by atoms with E-state index in [9.17, 15) is 0 Å². The summed E-state index contributed by atoms with van der Waals surface area (Å²) in [4.78, 5) is 9.84. The second kappa shape index (κ2) is 11.4. The summed E-state index contributed by atoms with van der Waals surface area (Å²) < 4.78 is 5.42. The highest BCUT2D eigenvalue weighted by Crippen LogP contribution is 2.19. The van der Waals surface area contributed by atoms with Crippen LogP contribution in [-0.2, 0) is 11.3 Å². The molecule has 2 aliphatic heterocycles. The van der Waals surface area contributed by atoms with Crippen molar-refractivity contribution in [2.75, 3.05) is 52.5 Å². The Morgan fingerprint density at radius 2 is 1.96 bits per heavy atom. The summed E-state index contributed by atoms with van der Waals surface area (Å²) in [6.45, 7) is 13.1. The lowest BCUT2D eigenvalue weighted by Crippen LogP contribution is -2.51. The van der Waals surface area contributed by atoms with Crippen molar-refractivity contribution in [2.45, 2.75) is 45.3 Å². The minimum atomic E-state index is 0.489. The molecule has 6 heteroatoms. The predicted octanol–water partition coefficient (Wildman–Crippen LogP) is 1.93. The number of benzene rings is 1. The molecule has 2 unspecified atom stereocenters. The first kappa shape index (κ1) is 21.1. The molecule has 1 aromatic rings. The van der Waals surface area contributed by atoms with Crippen LogP contribution in [0.5, 0.6) is 0 Å². The van der Waals surface area contributed by atoms with Gasteiger partial charge in [-0.05, 0) is 32.3 Å². The van der Waals surface area contributed by atoms with Crippen LogP contribution in [0.2, 0.25) is 0 Å². The van der Waals surface area contributed by atoms with Gasteiger partial charge in [0, 0.05) is 51.4 Å². The van der Waals surface area contributed by atoms with Crippen molar-refractivity contribution in [3.63, 3.8) is 0 Å². The topological polar surface area (TPSA) is 52.1 Å². The molecule has 0 aromatic heterocycles.